The van der Waals surface area contributed by atoms with E-state index in [9.17, 15) is 9.59 Å². The second-order valence-corrected chi connectivity index (χ2v) is 7.80. The van der Waals surface area contributed by atoms with E-state index in [0.717, 1.165) is 22.4 Å². The first kappa shape index (κ1) is 21.6. The maximum absolute atomic E-state index is 12.9. The topological polar surface area (TPSA) is 88.5 Å². The van der Waals surface area contributed by atoms with Gasteiger partial charge < -0.3 is 19.9 Å². The Hall–Kier alpha value is -3.65. The van der Waals surface area contributed by atoms with E-state index in [4.69, 9.17) is 9.72 Å². The fourth-order valence-corrected chi connectivity index (χ4v) is 3.99. The van der Waals surface area contributed by atoms with Crippen LogP contribution in [0.15, 0.2) is 65.9 Å². The Morgan fingerprint density at radius 3 is 2.56 bits per heavy atom. The largest absolute Gasteiger partial charge is 0.463 e. The van der Waals surface area contributed by atoms with Crippen LogP contribution in [-0.4, -0.2) is 46.7 Å². The normalized spacial score (nSPS) is 16.2. The van der Waals surface area contributed by atoms with Crippen molar-refractivity contribution in [2.45, 2.75) is 19.5 Å². The van der Waals surface area contributed by atoms with Crippen molar-refractivity contribution in [1.82, 2.24) is 25.1 Å². The predicted molar refractivity (Wildman–Crippen MR) is 122 cm³/mol. The van der Waals surface area contributed by atoms with Gasteiger partial charge in [-0.2, -0.15) is 0 Å². The molecule has 1 aliphatic heterocycles. The number of ether oxygens (including phenoxy) is 1. The number of imidazole rings is 1. The Bertz CT molecular complexity index is 1170. The van der Waals surface area contributed by atoms with Crippen molar-refractivity contribution in [2.24, 2.45) is 7.05 Å². The first-order chi connectivity index (χ1) is 15.5. The van der Waals surface area contributed by atoms with Crippen LogP contribution in [0.1, 0.15) is 24.4 Å². The first-order valence-corrected chi connectivity index (χ1v) is 10.6. The van der Waals surface area contributed by atoms with Crippen LogP contribution in [0.25, 0.3) is 11.0 Å². The molecule has 4 rings (SSSR count). The molecule has 0 saturated carbocycles. The third-order valence-electron chi connectivity index (χ3n) is 5.50. The van der Waals surface area contributed by atoms with Gasteiger partial charge in [0.25, 0.3) is 0 Å². The monoisotopic (exact) mass is 433 g/mol. The molecule has 1 aromatic heterocycles. The zero-order chi connectivity index (χ0) is 22.7. The summed E-state index contributed by atoms with van der Waals surface area (Å²) in [5.74, 6) is 0.451. The molecule has 32 heavy (non-hydrogen) atoms. The number of rotatable bonds is 7. The number of nitrogens with one attached hydrogen (secondary N) is 2. The first-order valence-electron chi connectivity index (χ1n) is 10.6. The van der Waals surface area contributed by atoms with E-state index in [1.807, 2.05) is 73.6 Å². The van der Waals surface area contributed by atoms with E-state index in [1.165, 1.54) is 0 Å². The molecular formula is C24H27N5O3. The van der Waals surface area contributed by atoms with Gasteiger partial charge in [-0.25, -0.2) is 14.6 Å². The molecular weight excluding hydrogens is 406 g/mol. The summed E-state index contributed by atoms with van der Waals surface area (Å²) >= 11 is 0. The van der Waals surface area contributed by atoms with Crippen molar-refractivity contribution in [3.05, 3.63) is 77.3 Å². The van der Waals surface area contributed by atoms with Gasteiger partial charge in [-0.3, -0.25) is 4.90 Å². The maximum Gasteiger partial charge on any atom is 0.338 e. The van der Waals surface area contributed by atoms with Gasteiger partial charge in [-0.1, -0.05) is 42.5 Å². The molecule has 8 heteroatoms. The Balaban J connectivity index is 1.64. The van der Waals surface area contributed by atoms with Gasteiger partial charge in [0.15, 0.2) is 0 Å². The Morgan fingerprint density at radius 2 is 1.84 bits per heavy atom. The number of aryl methyl sites for hydroxylation is 1. The van der Waals surface area contributed by atoms with E-state index in [-0.39, 0.29) is 12.6 Å². The number of hydrogen-bond donors (Lipinski definition) is 2. The summed E-state index contributed by atoms with van der Waals surface area (Å²) in [4.78, 5) is 32.1. The number of nitrogens with zero attached hydrogens (tertiary/aromatic N) is 3. The lowest BCUT2D eigenvalue weighted by Crippen LogP contribution is -2.48. The summed E-state index contributed by atoms with van der Waals surface area (Å²) in [5, 5.41) is 5.68. The van der Waals surface area contributed by atoms with Gasteiger partial charge in [0.05, 0.1) is 35.8 Å². The molecule has 0 bridgehead atoms. The van der Waals surface area contributed by atoms with Crippen LogP contribution in [0.2, 0.25) is 0 Å². The molecule has 0 radical (unpaired) electrons. The average molecular weight is 434 g/mol. The second-order valence-electron chi connectivity index (χ2n) is 7.80. The number of urea groups is 1. The standard InChI is InChI=1S/C24H27N5O3/c1-4-32-23(30)21-18(26-24(31)27-22(21)16-10-6-5-7-11-16)14-28(2)15-20-25-17-12-8-9-13-19(17)29(20)3/h5-13,22H,4,14-15H2,1-3H3,(H2,26,27,31)/t22-/m1/s1. The number of carbonyl (C=O) groups is 2. The summed E-state index contributed by atoms with van der Waals surface area (Å²) in [5.41, 5.74) is 3.75. The van der Waals surface area contributed by atoms with Crippen molar-refractivity contribution in [2.75, 3.05) is 20.2 Å². The predicted octanol–water partition coefficient (Wildman–Crippen LogP) is 2.88. The summed E-state index contributed by atoms with van der Waals surface area (Å²) in [6.45, 7) is 2.92. The number of fused-ring (bicyclic) bond motifs is 1. The third-order valence-corrected chi connectivity index (χ3v) is 5.50. The van der Waals surface area contributed by atoms with Crippen LogP contribution < -0.4 is 10.6 Å². The molecule has 166 valence electrons. The van der Waals surface area contributed by atoms with E-state index in [0.29, 0.717) is 24.4 Å². The Labute approximate surface area is 186 Å². The molecule has 8 nitrogen and oxygen atoms in total. The third kappa shape index (κ3) is 4.36. The minimum atomic E-state index is -0.580. The van der Waals surface area contributed by atoms with Crippen molar-refractivity contribution < 1.29 is 14.3 Å². The van der Waals surface area contributed by atoms with Gasteiger partial charge in [-0.15, -0.1) is 0 Å². The molecule has 1 atom stereocenters. The molecule has 2 heterocycles. The molecule has 0 unspecified atom stereocenters. The Kier molecular flexibility index (Phi) is 6.23. The number of benzene rings is 2. The molecule has 1 aliphatic rings. The maximum atomic E-state index is 12.9. The van der Waals surface area contributed by atoms with Gasteiger partial charge in [0.1, 0.15) is 5.82 Å². The highest BCUT2D eigenvalue weighted by Gasteiger charge is 2.34. The van der Waals surface area contributed by atoms with Crippen LogP contribution in [0.4, 0.5) is 4.79 Å². The van der Waals surface area contributed by atoms with Crippen molar-refractivity contribution in [1.29, 1.82) is 0 Å². The molecule has 2 N–H and O–H groups in total. The molecule has 0 aliphatic carbocycles. The van der Waals surface area contributed by atoms with Crippen molar-refractivity contribution in [3.63, 3.8) is 0 Å². The zero-order valence-electron chi connectivity index (χ0n) is 18.5. The quantitative estimate of drug-likeness (QED) is 0.560. The Morgan fingerprint density at radius 1 is 1.12 bits per heavy atom. The molecule has 0 spiro atoms. The number of likely N-dealkylation sites (N-methyl/N-ethyl adjacent to an activating group) is 1. The fourth-order valence-electron chi connectivity index (χ4n) is 3.99. The summed E-state index contributed by atoms with van der Waals surface area (Å²) in [7, 11) is 3.92. The van der Waals surface area contributed by atoms with E-state index >= 15 is 0 Å². The zero-order valence-corrected chi connectivity index (χ0v) is 18.5. The van der Waals surface area contributed by atoms with Crippen molar-refractivity contribution >= 4 is 23.0 Å². The van der Waals surface area contributed by atoms with Crippen LogP contribution in [-0.2, 0) is 23.1 Å². The second kappa shape index (κ2) is 9.23. The summed E-state index contributed by atoms with van der Waals surface area (Å²) in [6.07, 6.45) is 0. The van der Waals surface area contributed by atoms with Crippen LogP contribution in [0.3, 0.4) is 0 Å². The molecule has 0 fully saturated rings. The number of esters is 1. The van der Waals surface area contributed by atoms with Crippen LogP contribution in [0.5, 0.6) is 0 Å². The summed E-state index contributed by atoms with van der Waals surface area (Å²) in [6, 6.07) is 16.5. The van der Waals surface area contributed by atoms with Crippen LogP contribution >= 0.6 is 0 Å². The van der Waals surface area contributed by atoms with E-state index < -0.39 is 12.0 Å². The lowest BCUT2D eigenvalue weighted by molar-refractivity contribution is -0.139. The highest BCUT2D eigenvalue weighted by Crippen LogP contribution is 2.28. The number of carbonyl (C=O) groups excluding carboxylic acids is 2. The molecule has 2 amide bonds. The lowest BCUT2D eigenvalue weighted by Gasteiger charge is -2.31. The van der Waals surface area contributed by atoms with Crippen molar-refractivity contribution in [3.8, 4) is 0 Å². The van der Waals surface area contributed by atoms with Gasteiger partial charge in [0.2, 0.25) is 0 Å². The number of amides is 2. The SMILES string of the molecule is CCOC(=O)C1=C(CN(C)Cc2nc3ccccc3n2C)NC(=O)N[C@@H]1c1ccccc1. The number of hydrogen-bond acceptors (Lipinski definition) is 5. The highest BCUT2D eigenvalue weighted by atomic mass is 16.5. The minimum absolute atomic E-state index is 0.251. The van der Waals surface area contributed by atoms with E-state index in [1.54, 1.807) is 6.92 Å². The summed E-state index contributed by atoms with van der Waals surface area (Å²) < 4.78 is 7.39. The number of aromatic nitrogens is 2. The molecule has 3 aromatic rings. The van der Waals surface area contributed by atoms with Gasteiger partial charge >= 0.3 is 12.0 Å². The smallest absolute Gasteiger partial charge is 0.338 e. The number of para-hydroxylation sites is 2. The van der Waals surface area contributed by atoms with Crippen LogP contribution in [0, 0.1) is 0 Å². The molecule has 2 aromatic carbocycles. The highest BCUT2D eigenvalue weighted by molar-refractivity contribution is 5.95. The molecule has 0 saturated heterocycles. The average Bonchev–Trinajstić information content (AvgIpc) is 3.09. The van der Waals surface area contributed by atoms with Gasteiger partial charge in [0, 0.05) is 19.3 Å². The van der Waals surface area contributed by atoms with E-state index in [2.05, 4.69) is 15.2 Å². The lowest BCUT2D eigenvalue weighted by atomic mass is 9.95. The van der Waals surface area contributed by atoms with Gasteiger partial charge in [-0.05, 0) is 31.7 Å². The minimum Gasteiger partial charge on any atom is -0.463 e. The fraction of sp³-hybridized carbons (Fsp3) is 0.292.